The average molecular weight is 501 g/mol. The number of hydrogen-bond acceptors (Lipinski definition) is 5. The Bertz CT molecular complexity index is 968. The summed E-state index contributed by atoms with van der Waals surface area (Å²) < 4.78 is 12.1. The molecule has 0 aromatic rings. The van der Waals surface area contributed by atoms with Crippen molar-refractivity contribution in [3.05, 3.63) is 11.1 Å². The molecule has 202 valence electrons. The molecular weight excluding hydrogens is 452 g/mol. The fourth-order valence-electron chi connectivity index (χ4n) is 10.6. The van der Waals surface area contributed by atoms with Gasteiger partial charge in [-0.05, 0) is 98.4 Å². The van der Waals surface area contributed by atoms with Gasteiger partial charge in [0.1, 0.15) is 12.2 Å². The van der Waals surface area contributed by atoms with Gasteiger partial charge in [-0.1, -0.05) is 47.5 Å². The molecular formula is C31H48O5. The fourth-order valence-corrected chi connectivity index (χ4v) is 10.6. The van der Waals surface area contributed by atoms with Gasteiger partial charge in [0.15, 0.2) is 0 Å². The summed E-state index contributed by atoms with van der Waals surface area (Å²) in [5.41, 5.74) is 2.01. The molecule has 1 heterocycles. The van der Waals surface area contributed by atoms with Gasteiger partial charge in [-0.15, -0.1) is 0 Å². The van der Waals surface area contributed by atoms with Gasteiger partial charge >= 0.3 is 11.9 Å². The number of aliphatic hydroxyl groups is 1. The first-order valence-corrected chi connectivity index (χ1v) is 14.6. The van der Waals surface area contributed by atoms with Crippen LogP contribution in [0.15, 0.2) is 11.1 Å². The lowest BCUT2D eigenvalue weighted by molar-refractivity contribution is -0.228. The Morgan fingerprint density at radius 3 is 2.44 bits per heavy atom. The molecule has 0 spiro atoms. The summed E-state index contributed by atoms with van der Waals surface area (Å²) in [5.74, 6) is 0.811. The number of carbonyl (C=O) groups is 2. The van der Waals surface area contributed by atoms with Crippen molar-refractivity contribution in [1.82, 2.24) is 0 Å². The molecule has 5 nitrogen and oxygen atoms in total. The third-order valence-electron chi connectivity index (χ3n) is 12.4. The van der Waals surface area contributed by atoms with Crippen molar-refractivity contribution >= 4 is 11.9 Å². The normalized spacial score (nSPS) is 48.8. The summed E-state index contributed by atoms with van der Waals surface area (Å²) in [6, 6.07) is 0. The van der Waals surface area contributed by atoms with E-state index < -0.39 is 11.5 Å². The van der Waals surface area contributed by atoms with E-state index in [0.717, 1.165) is 30.4 Å². The van der Waals surface area contributed by atoms with Gasteiger partial charge in [0, 0.05) is 11.0 Å². The van der Waals surface area contributed by atoms with Crippen LogP contribution in [0.5, 0.6) is 0 Å². The fraction of sp³-hybridized carbons (Fsp3) is 0.871. The van der Waals surface area contributed by atoms with Crippen LogP contribution < -0.4 is 0 Å². The first kappa shape index (κ1) is 26.3. The molecule has 0 radical (unpaired) electrons. The first-order chi connectivity index (χ1) is 16.8. The van der Waals surface area contributed by atoms with E-state index in [1.165, 1.54) is 38.5 Å². The van der Waals surface area contributed by atoms with Crippen molar-refractivity contribution in [3.63, 3.8) is 0 Å². The quantitative estimate of drug-likeness (QED) is 0.454. The highest BCUT2D eigenvalue weighted by atomic mass is 16.6. The highest BCUT2D eigenvalue weighted by Crippen LogP contribution is 2.74. The maximum atomic E-state index is 13.3. The molecule has 0 bridgehead atoms. The highest BCUT2D eigenvalue weighted by Gasteiger charge is 2.70. The second-order valence-electron chi connectivity index (χ2n) is 14.1. The summed E-state index contributed by atoms with van der Waals surface area (Å²) in [6.07, 6.45) is 8.82. The molecule has 0 saturated heterocycles. The van der Waals surface area contributed by atoms with Gasteiger partial charge in [0.2, 0.25) is 0 Å². The van der Waals surface area contributed by atoms with Crippen LogP contribution in [0.1, 0.15) is 113 Å². The second-order valence-corrected chi connectivity index (χ2v) is 14.1. The summed E-state index contributed by atoms with van der Waals surface area (Å²) in [6.45, 7) is 15.7. The van der Waals surface area contributed by atoms with Crippen LogP contribution in [0.2, 0.25) is 0 Å². The Balaban J connectivity index is 1.61. The minimum Gasteiger partial charge on any atom is -0.461 e. The lowest BCUT2D eigenvalue weighted by atomic mass is 9.35. The van der Waals surface area contributed by atoms with E-state index in [2.05, 4.69) is 34.6 Å². The minimum absolute atomic E-state index is 0.0142. The highest BCUT2D eigenvalue weighted by molar-refractivity contribution is 5.94. The number of carbonyl (C=O) groups excluding carboxylic acids is 2. The van der Waals surface area contributed by atoms with Crippen LogP contribution in [0, 0.1) is 39.4 Å². The van der Waals surface area contributed by atoms with Crippen LogP contribution in [0.3, 0.4) is 0 Å². The van der Waals surface area contributed by atoms with Crippen LogP contribution >= 0.6 is 0 Å². The molecule has 5 aliphatic rings. The van der Waals surface area contributed by atoms with E-state index in [1.54, 1.807) is 6.92 Å². The van der Waals surface area contributed by atoms with E-state index in [0.29, 0.717) is 17.3 Å². The zero-order chi connectivity index (χ0) is 26.3. The van der Waals surface area contributed by atoms with Crippen molar-refractivity contribution < 1.29 is 24.2 Å². The average Bonchev–Trinajstić information content (AvgIpc) is 3.08. The molecule has 3 saturated carbocycles. The number of rotatable bonds is 4. The third kappa shape index (κ3) is 3.50. The van der Waals surface area contributed by atoms with Gasteiger partial charge in [-0.25, -0.2) is 4.79 Å². The molecule has 0 amide bonds. The van der Waals surface area contributed by atoms with E-state index in [-0.39, 0.29) is 47.3 Å². The summed E-state index contributed by atoms with van der Waals surface area (Å²) in [5, 5.41) is 9.90. The second kappa shape index (κ2) is 8.58. The van der Waals surface area contributed by atoms with Gasteiger partial charge in [0.05, 0.1) is 12.5 Å². The van der Waals surface area contributed by atoms with Crippen molar-refractivity contribution in [1.29, 1.82) is 0 Å². The lowest BCUT2D eigenvalue weighted by Crippen LogP contribution is -2.66. The van der Waals surface area contributed by atoms with Gasteiger partial charge < -0.3 is 14.6 Å². The molecule has 1 unspecified atom stereocenters. The van der Waals surface area contributed by atoms with Crippen molar-refractivity contribution in [3.8, 4) is 0 Å². The van der Waals surface area contributed by atoms with E-state index in [4.69, 9.17) is 9.47 Å². The molecule has 5 heteroatoms. The molecule has 0 aromatic carbocycles. The monoisotopic (exact) mass is 500 g/mol. The molecule has 1 N–H and O–H groups in total. The largest absolute Gasteiger partial charge is 0.461 e. The van der Waals surface area contributed by atoms with Crippen LogP contribution in [0.25, 0.3) is 0 Å². The van der Waals surface area contributed by atoms with Crippen LogP contribution in [0.4, 0.5) is 0 Å². The number of esters is 2. The maximum absolute atomic E-state index is 13.3. The van der Waals surface area contributed by atoms with Gasteiger partial charge in [-0.2, -0.15) is 0 Å². The van der Waals surface area contributed by atoms with E-state index in [1.807, 2.05) is 6.92 Å². The van der Waals surface area contributed by atoms with Crippen molar-refractivity contribution in [2.75, 3.05) is 0 Å². The summed E-state index contributed by atoms with van der Waals surface area (Å²) >= 11 is 0. The maximum Gasteiger partial charge on any atom is 0.335 e. The summed E-state index contributed by atoms with van der Waals surface area (Å²) in [7, 11) is 0. The number of fused-ring (bicyclic) bond motifs is 6. The standard InChI is InChI=1S/C31H48O5/c1-8-28(4)13-9-14-29(5)21(28)12-15-30(6)22-11-10-20-19(3)35-27(34)26(20)31(22,7)24(17-23(29)30)36-25(33)16-18(2)32/h18-19,21-24,32H,8-17H2,1-7H3/t18?,19-,21-,22-,23+,24-,28-,29-,30-,31+/m0/s1. The molecule has 4 aliphatic carbocycles. The molecule has 36 heavy (non-hydrogen) atoms. The molecule has 5 rings (SSSR count). The molecule has 1 aliphatic heterocycles. The smallest absolute Gasteiger partial charge is 0.335 e. The number of ether oxygens (including phenoxy) is 2. The number of hydrogen-bond donors (Lipinski definition) is 1. The lowest BCUT2D eigenvalue weighted by Gasteiger charge is -2.70. The predicted octanol–water partition coefficient (Wildman–Crippen LogP) is 6.37. The Morgan fingerprint density at radius 1 is 1.08 bits per heavy atom. The minimum atomic E-state index is -0.743. The van der Waals surface area contributed by atoms with Crippen LogP contribution in [-0.2, 0) is 19.1 Å². The Morgan fingerprint density at radius 2 is 1.78 bits per heavy atom. The number of aliphatic hydroxyl groups excluding tert-OH is 1. The predicted molar refractivity (Wildman–Crippen MR) is 139 cm³/mol. The SMILES string of the molecule is CC[C@@]1(C)CCC[C@]2(C)[C@H]3C[C@H](OC(=O)CC(C)O)[C@]4(C)C5=C(CC[C@H]4[C@]3(C)CC[C@@H]12)[C@H](C)OC5=O. The molecule has 0 aromatic heterocycles. The number of cyclic esters (lactones) is 1. The molecule has 10 atom stereocenters. The topological polar surface area (TPSA) is 72.8 Å². The first-order valence-electron chi connectivity index (χ1n) is 14.6. The Labute approximate surface area is 217 Å². The van der Waals surface area contributed by atoms with E-state index >= 15 is 0 Å². The van der Waals surface area contributed by atoms with Crippen LogP contribution in [-0.4, -0.2) is 35.4 Å². The van der Waals surface area contributed by atoms with Crippen molar-refractivity contribution in [2.45, 2.75) is 131 Å². The summed E-state index contributed by atoms with van der Waals surface area (Å²) in [4.78, 5) is 26.3. The Kier molecular flexibility index (Phi) is 6.26. The zero-order valence-corrected chi connectivity index (χ0v) is 23.6. The van der Waals surface area contributed by atoms with Gasteiger partial charge in [0.25, 0.3) is 0 Å². The Hall–Kier alpha value is -1.36. The van der Waals surface area contributed by atoms with Gasteiger partial charge in [-0.3, -0.25) is 4.79 Å². The van der Waals surface area contributed by atoms with Crippen molar-refractivity contribution in [2.24, 2.45) is 39.4 Å². The molecule has 3 fully saturated rings. The third-order valence-corrected chi connectivity index (χ3v) is 12.4. The zero-order valence-electron chi connectivity index (χ0n) is 23.6. The van der Waals surface area contributed by atoms with E-state index in [9.17, 15) is 14.7 Å².